The minimum absolute atomic E-state index is 0.0421. The molecule has 2 aromatic rings. The number of likely N-dealkylation sites (N-methyl/N-ethyl adjacent to an activating group) is 1. The van der Waals surface area contributed by atoms with Crippen LogP contribution in [0, 0.1) is 0 Å². The van der Waals surface area contributed by atoms with Crippen LogP contribution in [0.4, 0.5) is 5.69 Å². The predicted octanol–water partition coefficient (Wildman–Crippen LogP) is 4.71. The van der Waals surface area contributed by atoms with Crippen molar-refractivity contribution in [2.75, 3.05) is 13.7 Å². The predicted molar refractivity (Wildman–Crippen MR) is 104 cm³/mol. The third kappa shape index (κ3) is 4.31. The molecule has 0 radical (unpaired) electrons. The van der Waals surface area contributed by atoms with Gasteiger partial charge in [0.1, 0.15) is 5.75 Å². The Bertz CT molecular complexity index is 815. The van der Waals surface area contributed by atoms with Crippen LogP contribution in [-0.2, 0) is 4.79 Å². The van der Waals surface area contributed by atoms with Crippen LogP contribution >= 0.6 is 11.8 Å². The molecule has 1 saturated heterocycles. The second kappa shape index (κ2) is 8.03. The summed E-state index contributed by atoms with van der Waals surface area (Å²) in [5.74, 6) is 0.776. The molecule has 0 aliphatic carbocycles. The van der Waals surface area contributed by atoms with Crippen LogP contribution < -0.4 is 4.74 Å². The molecule has 0 aromatic heterocycles. The van der Waals surface area contributed by atoms with Crippen molar-refractivity contribution in [2.24, 2.45) is 4.99 Å². The van der Waals surface area contributed by atoms with Crippen LogP contribution in [0.15, 0.2) is 64.5 Å². The SMILES string of the molecule is CCCOc1cccc(/C=C2/SC(=Nc3ccccc3)N(C)C2=O)c1. The quantitative estimate of drug-likeness (QED) is 0.732. The molecule has 1 amide bonds. The molecular formula is C20H20N2O2S. The number of ether oxygens (including phenoxy) is 1. The van der Waals surface area contributed by atoms with Gasteiger partial charge in [-0.05, 0) is 54.1 Å². The molecule has 0 unspecified atom stereocenters. The Hall–Kier alpha value is -2.53. The number of hydrogen-bond donors (Lipinski definition) is 0. The highest BCUT2D eigenvalue weighted by Crippen LogP contribution is 2.33. The summed E-state index contributed by atoms with van der Waals surface area (Å²) in [5.41, 5.74) is 1.78. The Morgan fingerprint density at radius 1 is 1.16 bits per heavy atom. The van der Waals surface area contributed by atoms with Crippen molar-refractivity contribution in [3.63, 3.8) is 0 Å². The number of thioether (sulfide) groups is 1. The summed E-state index contributed by atoms with van der Waals surface area (Å²) < 4.78 is 5.65. The molecule has 25 heavy (non-hydrogen) atoms. The standard InChI is InChI=1S/C20H20N2O2S/c1-3-12-24-17-11-7-8-15(13-17)14-18-19(23)22(2)20(25-18)21-16-9-5-4-6-10-16/h4-11,13-14H,3,12H2,1-2H3/b18-14+,21-20?. The van der Waals surface area contributed by atoms with E-state index >= 15 is 0 Å². The molecule has 4 nitrogen and oxygen atoms in total. The van der Waals surface area contributed by atoms with Crippen molar-refractivity contribution in [3.05, 3.63) is 65.1 Å². The van der Waals surface area contributed by atoms with Gasteiger partial charge in [-0.2, -0.15) is 0 Å². The molecule has 0 saturated carbocycles. The topological polar surface area (TPSA) is 41.9 Å². The van der Waals surface area contributed by atoms with Gasteiger partial charge in [0.05, 0.1) is 17.2 Å². The van der Waals surface area contributed by atoms with E-state index in [0.29, 0.717) is 16.7 Å². The maximum atomic E-state index is 12.5. The molecule has 1 aliphatic rings. The molecule has 1 heterocycles. The maximum absolute atomic E-state index is 12.5. The molecule has 128 valence electrons. The van der Waals surface area contributed by atoms with Crippen LogP contribution in [0.25, 0.3) is 6.08 Å². The van der Waals surface area contributed by atoms with Gasteiger partial charge in [-0.3, -0.25) is 9.69 Å². The fraction of sp³-hybridized carbons (Fsp3) is 0.200. The summed E-state index contributed by atoms with van der Waals surface area (Å²) in [6.45, 7) is 2.76. The smallest absolute Gasteiger partial charge is 0.266 e. The number of nitrogens with zero attached hydrogens (tertiary/aromatic N) is 2. The van der Waals surface area contributed by atoms with E-state index in [-0.39, 0.29) is 5.91 Å². The Kier molecular flexibility index (Phi) is 5.56. The van der Waals surface area contributed by atoms with Crippen LogP contribution in [0.5, 0.6) is 5.75 Å². The first kappa shape index (κ1) is 17.3. The van der Waals surface area contributed by atoms with Crippen LogP contribution in [0.2, 0.25) is 0 Å². The lowest BCUT2D eigenvalue weighted by molar-refractivity contribution is -0.121. The summed E-state index contributed by atoms with van der Waals surface area (Å²) >= 11 is 1.39. The van der Waals surface area contributed by atoms with Gasteiger partial charge in [-0.1, -0.05) is 37.3 Å². The molecule has 5 heteroatoms. The third-order valence-corrected chi connectivity index (χ3v) is 4.67. The Balaban J connectivity index is 1.82. The van der Waals surface area contributed by atoms with Crippen molar-refractivity contribution in [1.29, 1.82) is 0 Å². The molecule has 1 aliphatic heterocycles. The lowest BCUT2D eigenvalue weighted by atomic mass is 10.2. The number of amidine groups is 1. The Labute approximate surface area is 152 Å². The highest BCUT2D eigenvalue weighted by Gasteiger charge is 2.30. The van der Waals surface area contributed by atoms with E-state index in [1.807, 2.05) is 60.7 Å². The number of rotatable bonds is 5. The first-order valence-electron chi connectivity index (χ1n) is 8.21. The second-order valence-electron chi connectivity index (χ2n) is 5.63. The van der Waals surface area contributed by atoms with Crippen molar-refractivity contribution >= 4 is 34.6 Å². The van der Waals surface area contributed by atoms with E-state index in [1.54, 1.807) is 11.9 Å². The fourth-order valence-electron chi connectivity index (χ4n) is 2.33. The Morgan fingerprint density at radius 2 is 1.96 bits per heavy atom. The fourth-order valence-corrected chi connectivity index (χ4v) is 3.32. The number of hydrogen-bond acceptors (Lipinski definition) is 4. The zero-order chi connectivity index (χ0) is 17.6. The highest BCUT2D eigenvalue weighted by molar-refractivity contribution is 8.18. The summed E-state index contributed by atoms with van der Waals surface area (Å²) in [5, 5.41) is 0.681. The number of para-hydroxylation sites is 1. The molecular weight excluding hydrogens is 332 g/mol. The first-order chi connectivity index (χ1) is 12.2. The second-order valence-corrected chi connectivity index (χ2v) is 6.63. The highest BCUT2D eigenvalue weighted by atomic mass is 32.2. The Morgan fingerprint density at radius 3 is 2.72 bits per heavy atom. The summed E-state index contributed by atoms with van der Waals surface area (Å²) in [6.07, 6.45) is 2.85. The van der Waals surface area contributed by atoms with Gasteiger partial charge < -0.3 is 4.74 Å². The summed E-state index contributed by atoms with van der Waals surface area (Å²) in [4.78, 5) is 19.3. The molecule has 0 spiro atoms. The normalized spacial score (nSPS) is 17.5. The summed E-state index contributed by atoms with van der Waals surface area (Å²) in [7, 11) is 1.75. The van der Waals surface area contributed by atoms with Gasteiger partial charge in [0.2, 0.25) is 0 Å². The van der Waals surface area contributed by atoms with Gasteiger partial charge in [0.25, 0.3) is 5.91 Å². The van der Waals surface area contributed by atoms with E-state index in [9.17, 15) is 4.79 Å². The average molecular weight is 352 g/mol. The zero-order valence-corrected chi connectivity index (χ0v) is 15.1. The van der Waals surface area contributed by atoms with Crippen LogP contribution in [0.1, 0.15) is 18.9 Å². The molecule has 3 rings (SSSR count). The minimum atomic E-state index is -0.0421. The van der Waals surface area contributed by atoms with Gasteiger partial charge in [-0.15, -0.1) is 0 Å². The van der Waals surface area contributed by atoms with Gasteiger partial charge in [0, 0.05) is 7.05 Å². The molecule has 2 aromatic carbocycles. The van der Waals surface area contributed by atoms with Crippen LogP contribution in [-0.4, -0.2) is 29.6 Å². The monoisotopic (exact) mass is 352 g/mol. The van der Waals surface area contributed by atoms with Crippen molar-refractivity contribution in [3.8, 4) is 5.75 Å². The molecule has 0 atom stereocenters. The van der Waals surface area contributed by atoms with Gasteiger partial charge in [-0.25, -0.2) is 4.99 Å². The summed E-state index contributed by atoms with van der Waals surface area (Å²) in [6, 6.07) is 17.4. The minimum Gasteiger partial charge on any atom is -0.494 e. The number of carbonyl (C=O) groups is 1. The van der Waals surface area contributed by atoms with Crippen molar-refractivity contribution in [2.45, 2.75) is 13.3 Å². The molecule has 0 N–H and O–H groups in total. The largest absolute Gasteiger partial charge is 0.494 e. The maximum Gasteiger partial charge on any atom is 0.266 e. The lowest BCUT2D eigenvalue weighted by Crippen LogP contribution is -2.23. The van der Waals surface area contributed by atoms with E-state index in [0.717, 1.165) is 23.4 Å². The lowest BCUT2D eigenvalue weighted by Gasteiger charge is -2.07. The number of benzene rings is 2. The average Bonchev–Trinajstić information content (AvgIpc) is 2.89. The van der Waals surface area contributed by atoms with E-state index in [4.69, 9.17) is 4.74 Å². The third-order valence-electron chi connectivity index (χ3n) is 3.61. The van der Waals surface area contributed by atoms with E-state index in [1.165, 1.54) is 11.8 Å². The number of aliphatic imine (C=N–C) groups is 1. The number of amides is 1. The van der Waals surface area contributed by atoms with Crippen LogP contribution in [0.3, 0.4) is 0 Å². The van der Waals surface area contributed by atoms with E-state index < -0.39 is 0 Å². The number of carbonyl (C=O) groups excluding carboxylic acids is 1. The van der Waals surface area contributed by atoms with Crippen molar-refractivity contribution < 1.29 is 9.53 Å². The molecule has 1 fully saturated rings. The van der Waals surface area contributed by atoms with E-state index in [2.05, 4.69) is 11.9 Å². The first-order valence-corrected chi connectivity index (χ1v) is 9.03. The molecule has 0 bridgehead atoms. The van der Waals surface area contributed by atoms with Crippen molar-refractivity contribution in [1.82, 2.24) is 4.90 Å². The van der Waals surface area contributed by atoms with Gasteiger partial charge >= 0.3 is 0 Å². The zero-order valence-electron chi connectivity index (χ0n) is 14.3. The van der Waals surface area contributed by atoms with Gasteiger partial charge in [0.15, 0.2) is 5.17 Å².